The van der Waals surface area contributed by atoms with Gasteiger partial charge in [-0.25, -0.2) is 0 Å². The van der Waals surface area contributed by atoms with Crippen molar-refractivity contribution in [2.75, 3.05) is 18.5 Å². The zero-order valence-corrected chi connectivity index (χ0v) is 16.9. The van der Waals surface area contributed by atoms with Crippen LogP contribution in [0.15, 0.2) is 30.3 Å². The number of benzene rings is 2. The van der Waals surface area contributed by atoms with Gasteiger partial charge in [0.25, 0.3) is 5.91 Å². The second-order valence-corrected chi connectivity index (χ2v) is 8.20. The van der Waals surface area contributed by atoms with Gasteiger partial charge in [-0.15, -0.1) is 0 Å². The summed E-state index contributed by atoms with van der Waals surface area (Å²) in [6, 6.07) is 8.81. The maximum absolute atomic E-state index is 11.5. The number of nitrogens with one attached hydrogen (secondary N) is 2. The van der Waals surface area contributed by atoms with Gasteiger partial charge < -0.3 is 25.6 Å². The molecular weight excluding hydrogens is 380 g/mol. The number of carbonyl (C=O) groups excluding carboxylic acids is 1. The minimum atomic E-state index is -0.915. The van der Waals surface area contributed by atoms with Crippen LogP contribution in [0.3, 0.4) is 0 Å². The predicted molar refractivity (Wildman–Crippen MR) is 109 cm³/mol. The molecule has 28 heavy (non-hydrogen) atoms. The van der Waals surface area contributed by atoms with Crippen molar-refractivity contribution in [2.45, 2.75) is 38.8 Å². The molecule has 0 aliphatic carbocycles. The number of β-amino-alcohol motifs (C(OH)–C–C–N with tert-alkyl or cyclic N) is 1. The molecule has 7 heteroatoms. The van der Waals surface area contributed by atoms with Crippen LogP contribution < -0.4 is 15.4 Å². The van der Waals surface area contributed by atoms with E-state index >= 15 is 0 Å². The van der Waals surface area contributed by atoms with E-state index < -0.39 is 6.10 Å². The van der Waals surface area contributed by atoms with E-state index in [9.17, 15) is 15.0 Å². The highest BCUT2D eigenvalue weighted by atomic mass is 35.5. The Morgan fingerprint density at radius 1 is 1.32 bits per heavy atom. The molecule has 1 unspecified atom stereocenters. The van der Waals surface area contributed by atoms with E-state index in [1.807, 2.05) is 19.1 Å². The largest absolute Gasteiger partial charge is 0.508 e. The number of anilines is 1. The van der Waals surface area contributed by atoms with Gasteiger partial charge in [0.15, 0.2) is 6.61 Å². The van der Waals surface area contributed by atoms with Crippen molar-refractivity contribution in [3.63, 3.8) is 0 Å². The van der Waals surface area contributed by atoms with Gasteiger partial charge in [0, 0.05) is 28.7 Å². The summed E-state index contributed by atoms with van der Waals surface area (Å²) in [5, 5.41) is 27.4. The monoisotopic (exact) mass is 404 g/mol. The standard InChI is InChI=1S/C21H25ClN2O4/c1-12-6-13(4-5-16(12)22)9-21(2,3)23-10-18(26)15-7-14(25)8-17-20(15)28-11-19(27)24-17/h4-8,18,23,25-26H,9-11H2,1-3H3,(H,24,27). The molecule has 4 N–H and O–H groups in total. The van der Waals surface area contributed by atoms with Crippen LogP contribution in [-0.2, 0) is 11.2 Å². The molecule has 0 fully saturated rings. The van der Waals surface area contributed by atoms with Crippen LogP contribution in [0, 0.1) is 6.92 Å². The van der Waals surface area contributed by atoms with Gasteiger partial charge in [-0.3, -0.25) is 4.79 Å². The lowest BCUT2D eigenvalue weighted by Crippen LogP contribution is -2.43. The van der Waals surface area contributed by atoms with Gasteiger partial charge in [-0.2, -0.15) is 0 Å². The summed E-state index contributed by atoms with van der Waals surface area (Å²) in [5.41, 5.74) is 2.69. The highest BCUT2D eigenvalue weighted by Gasteiger charge is 2.26. The fraction of sp³-hybridized carbons (Fsp3) is 0.381. The van der Waals surface area contributed by atoms with Gasteiger partial charge in [0.05, 0.1) is 11.8 Å². The van der Waals surface area contributed by atoms with E-state index in [2.05, 4.69) is 30.5 Å². The first-order valence-electron chi connectivity index (χ1n) is 9.12. The van der Waals surface area contributed by atoms with Gasteiger partial charge in [-0.1, -0.05) is 23.7 Å². The van der Waals surface area contributed by atoms with Crippen molar-refractivity contribution in [3.8, 4) is 11.5 Å². The van der Waals surface area contributed by atoms with E-state index in [1.54, 1.807) is 0 Å². The summed E-state index contributed by atoms with van der Waals surface area (Å²) in [6.07, 6.45) is -0.162. The topological polar surface area (TPSA) is 90.8 Å². The van der Waals surface area contributed by atoms with E-state index in [0.717, 1.165) is 22.6 Å². The van der Waals surface area contributed by atoms with Crippen molar-refractivity contribution in [1.29, 1.82) is 0 Å². The third-order valence-electron chi connectivity index (χ3n) is 4.73. The summed E-state index contributed by atoms with van der Waals surface area (Å²) in [4.78, 5) is 11.5. The Hall–Kier alpha value is -2.28. The molecule has 0 aromatic heterocycles. The molecule has 2 aromatic carbocycles. The molecule has 0 saturated heterocycles. The molecule has 0 spiro atoms. The second-order valence-electron chi connectivity index (χ2n) is 7.79. The first kappa shape index (κ1) is 20.5. The Balaban J connectivity index is 1.70. The molecule has 3 rings (SSSR count). The SMILES string of the molecule is Cc1cc(CC(C)(C)NCC(O)c2cc(O)cc3c2OCC(=O)N3)ccc1Cl. The van der Waals surface area contributed by atoms with Crippen molar-refractivity contribution in [2.24, 2.45) is 0 Å². The fourth-order valence-electron chi connectivity index (χ4n) is 3.33. The summed E-state index contributed by atoms with van der Waals surface area (Å²) in [5.74, 6) is 0.0448. The molecule has 150 valence electrons. The van der Waals surface area contributed by atoms with E-state index in [1.165, 1.54) is 12.1 Å². The summed E-state index contributed by atoms with van der Waals surface area (Å²) < 4.78 is 5.47. The number of rotatable bonds is 6. The lowest BCUT2D eigenvalue weighted by molar-refractivity contribution is -0.118. The van der Waals surface area contributed by atoms with Crippen LogP contribution in [0.4, 0.5) is 5.69 Å². The zero-order chi connectivity index (χ0) is 20.5. The number of ether oxygens (including phenoxy) is 1. The van der Waals surface area contributed by atoms with Gasteiger partial charge in [0.2, 0.25) is 0 Å². The summed E-state index contributed by atoms with van der Waals surface area (Å²) in [6.45, 7) is 6.22. The van der Waals surface area contributed by atoms with Crippen LogP contribution in [-0.4, -0.2) is 34.8 Å². The first-order valence-corrected chi connectivity index (χ1v) is 9.50. The number of phenols is 1. The van der Waals surface area contributed by atoms with Crippen molar-refractivity contribution in [1.82, 2.24) is 5.32 Å². The Morgan fingerprint density at radius 3 is 2.79 bits per heavy atom. The van der Waals surface area contributed by atoms with Crippen LogP contribution in [0.2, 0.25) is 5.02 Å². The molecular formula is C21H25ClN2O4. The smallest absolute Gasteiger partial charge is 0.262 e. The molecule has 1 aliphatic rings. The second kappa shape index (κ2) is 7.99. The Bertz CT molecular complexity index is 898. The molecule has 6 nitrogen and oxygen atoms in total. The average molecular weight is 405 g/mol. The molecule has 1 atom stereocenters. The Labute approximate surface area is 169 Å². The number of aromatic hydroxyl groups is 1. The number of aliphatic hydroxyl groups excluding tert-OH is 1. The third kappa shape index (κ3) is 4.76. The number of amides is 1. The molecule has 1 aliphatic heterocycles. The molecule has 0 radical (unpaired) electrons. The maximum Gasteiger partial charge on any atom is 0.262 e. The number of hydrogen-bond donors (Lipinski definition) is 4. The fourth-order valence-corrected chi connectivity index (χ4v) is 3.45. The van der Waals surface area contributed by atoms with Crippen molar-refractivity contribution < 1.29 is 19.7 Å². The third-order valence-corrected chi connectivity index (χ3v) is 5.15. The zero-order valence-electron chi connectivity index (χ0n) is 16.2. The number of phenolic OH excluding ortho intramolecular Hbond substituents is 1. The number of fused-ring (bicyclic) bond motifs is 1. The number of hydrogen-bond acceptors (Lipinski definition) is 5. The molecule has 1 heterocycles. The van der Waals surface area contributed by atoms with E-state index in [0.29, 0.717) is 17.0 Å². The highest BCUT2D eigenvalue weighted by molar-refractivity contribution is 6.31. The Kier molecular flexibility index (Phi) is 5.84. The van der Waals surface area contributed by atoms with E-state index in [4.69, 9.17) is 16.3 Å². The number of halogens is 1. The first-order chi connectivity index (χ1) is 13.1. The van der Waals surface area contributed by atoms with Crippen LogP contribution in [0.5, 0.6) is 11.5 Å². The Morgan fingerprint density at radius 2 is 2.07 bits per heavy atom. The van der Waals surface area contributed by atoms with Gasteiger partial charge in [0.1, 0.15) is 11.5 Å². The lowest BCUT2D eigenvalue weighted by Gasteiger charge is -2.29. The number of aliphatic hydroxyl groups is 1. The molecule has 0 bridgehead atoms. The summed E-state index contributed by atoms with van der Waals surface area (Å²) in [7, 11) is 0. The van der Waals surface area contributed by atoms with Crippen LogP contribution in [0.25, 0.3) is 0 Å². The van der Waals surface area contributed by atoms with Crippen molar-refractivity contribution in [3.05, 3.63) is 52.0 Å². The summed E-state index contributed by atoms with van der Waals surface area (Å²) >= 11 is 6.10. The average Bonchev–Trinajstić information content (AvgIpc) is 2.61. The predicted octanol–water partition coefficient (Wildman–Crippen LogP) is 3.33. The quantitative estimate of drug-likeness (QED) is 0.593. The molecule has 1 amide bonds. The maximum atomic E-state index is 11.5. The van der Waals surface area contributed by atoms with Crippen LogP contribution >= 0.6 is 11.6 Å². The highest BCUT2D eigenvalue weighted by Crippen LogP contribution is 2.38. The van der Waals surface area contributed by atoms with Crippen molar-refractivity contribution >= 4 is 23.2 Å². The van der Waals surface area contributed by atoms with E-state index in [-0.39, 0.29) is 30.3 Å². The minimum absolute atomic E-state index is 0.0468. The number of aryl methyl sites for hydroxylation is 1. The van der Waals surface area contributed by atoms with Gasteiger partial charge >= 0.3 is 0 Å². The number of carbonyl (C=O) groups is 1. The lowest BCUT2D eigenvalue weighted by atomic mass is 9.93. The normalized spacial score (nSPS) is 14.8. The van der Waals surface area contributed by atoms with Crippen LogP contribution in [0.1, 0.15) is 36.6 Å². The molecule has 2 aromatic rings. The molecule has 0 saturated carbocycles. The minimum Gasteiger partial charge on any atom is -0.508 e. The van der Waals surface area contributed by atoms with Gasteiger partial charge in [-0.05, 0) is 50.5 Å².